The molecule has 0 spiro atoms. The van der Waals surface area contributed by atoms with Crippen LogP contribution in [0.15, 0.2) is 71.2 Å². The van der Waals surface area contributed by atoms with Gasteiger partial charge in [-0.3, -0.25) is 9.59 Å². The van der Waals surface area contributed by atoms with Gasteiger partial charge in [0.2, 0.25) is 17.6 Å². The predicted octanol–water partition coefficient (Wildman–Crippen LogP) is 4.39. The van der Waals surface area contributed by atoms with E-state index in [1.54, 1.807) is 18.7 Å². The van der Waals surface area contributed by atoms with Crippen molar-refractivity contribution in [3.8, 4) is 22.5 Å². The van der Waals surface area contributed by atoms with Crippen molar-refractivity contribution in [1.82, 2.24) is 25.9 Å². The first-order valence-electron chi connectivity index (χ1n) is 12.8. The van der Waals surface area contributed by atoms with Crippen LogP contribution in [0.1, 0.15) is 37.8 Å². The number of aryl methyl sites for hydroxylation is 1. The van der Waals surface area contributed by atoms with Gasteiger partial charge in [-0.15, -0.1) is 10.2 Å². The summed E-state index contributed by atoms with van der Waals surface area (Å²) in [5, 5.41) is 17.4. The Labute approximate surface area is 235 Å². The molecule has 0 radical (unpaired) electrons. The molecule has 0 bridgehead atoms. The number of carbonyl (C=O) groups excluding carboxylic acids is 2. The van der Waals surface area contributed by atoms with E-state index in [0.717, 1.165) is 38.0 Å². The topological polar surface area (TPSA) is 130 Å². The number of halogens is 1. The van der Waals surface area contributed by atoms with E-state index in [4.69, 9.17) is 5.73 Å². The summed E-state index contributed by atoms with van der Waals surface area (Å²) in [5.41, 5.74) is 11.1. The minimum Gasteiger partial charge on any atom is -0.344 e. The summed E-state index contributed by atoms with van der Waals surface area (Å²) < 4.78 is 0.864. The number of H-pyrrole nitrogens is 1. The molecule has 0 saturated carbocycles. The van der Waals surface area contributed by atoms with Crippen LogP contribution in [0.5, 0.6) is 0 Å². The lowest BCUT2D eigenvalue weighted by Gasteiger charge is -2.27. The first-order chi connectivity index (χ1) is 18.7. The molecule has 10 heteroatoms. The summed E-state index contributed by atoms with van der Waals surface area (Å²) in [7, 11) is 0. The summed E-state index contributed by atoms with van der Waals surface area (Å²) in [6, 6.07) is 21.2. The van der Waals surface area contributed by atoms with E-state index in [-0.39, 0.29) is 18.2 Å². The maximum Gasteiger partial charge on any atom is 0.249 e. The number of anilines is 1. The molecule has 1 atom stereocenters. The van der Waals surface area contributed by atoms with Gasteiger partial charge in [0.25, 0.3) is 0 Å². The van der Waals surface area contributed by atoms with Crippen LogP contribution >= 0.6 is 15.9 Å². The van der Waals surface area contributed by atoms with E-state index in [1.807, 2.05) is 66.7 Å². The Morgan fingerprint density at radius 1 is 1.13 bits per heavy atom. The van der Waals surface area contributed by atoms with E-state index in [9.17, 15) is 9.59 Å². The molecule has 0 aliphatic carbocycles. The number of benzene rings is 3. The van der Waals surface area contributed by atoms with E-state index < -0.39 is 11.6 Å². The molecular weight excluding hydrogens is 558 g/mol. The molecule has 0 unspecified atom stereocenters. The Bertz CT molecular complexity index is 1500. The van der Waals surface area contributed by atoms with Crippen molar-refractivity contribution < 1.29 is 9.59 Å². The van der Waals surface area contributed by atoms with Crippen LogP contribution in [0.3, 0.4) is 0 Å². The summed E-state index contributed by atoms with van der Waals surface area (Å²) >= 11 is 3.74. The molecule has 39 heavy (non-hydrogen) atoms. The number of fused-ring (bicyclic) bond motifs is 1. The smallest absolute Gasteiger partial charge is 0.249 e. The van der Waals surface area contributed by atoms with E-state index in [1.165, 1.54) is 0 Å². The number of hydrogen-bond acceptors (Lipinski definition) is 6. The lowest BCUT2D eigenvalue weighted by molar-refractivity contribution is -0.128. The highest BCUT2D eigenvalue weighted by Crippen LogP contribution is 2.34. The fourth-order valence-electron chi connectivity index (χ4n) is 4.89. The molecular formula is C29H30BrN7O2. The maximum absolute atomic E-state index is 13.8. The van der Waals surface area contributed by atoms with Crippen LogP contribution in [-0.2, 0) is 22.6 Å². The minimum absolute atomic E-state index is 0.137. The fraction of sp³-hybridized carbons (Fsp3) is 0.276. The van der Waals surface area contributed by atoms with Crippen LogP contribution < -0.4 is 16.0 Å². The molecule has 200 valence electrons. The quantitative estimate of drug-likeness (QED) is 0.294. The number of para-hydroxylation sites is 1. The van der Waals surface area contributed by atoms with Crippen molar-refractivity contribution in [2.75, 3.05) is 4.90 Å². The van der Waals surface area contributed by atoms with Gasteiger partial charge < -0.3 is 16.0 Å². The Kier molecular flexibility index (Phi) is 7.58. The summed E-state index contributed by atoms with van der Waals surface area (Å²) in [6.07, 6.45) is 1.35. The standard InChI is InChI=1S/C29H30BrN7O2/c1-29(2,31)16-26(38)32-24-14-13-18-7-3-6-10-25(18)37(28(24)39)17-20-12-11-19(15-23(20)30)21-8-4-5-9-22(21)27-33-35-36-34-27/h3-12,15,24H,13-14,16-17,31H2,1-2H3,(H,32,38)(H,33,34,35,36)/t24-/m1/s1. The summed E-state index contributed by atoms with van der Waals surface area (Å²) in [6.45, 7) is 3.94. The van der Waals surface area contributed by atoms with Gasteiger partial charge in [0.15, 0.2) is 0 Å². The molecule has 3 aromatic carbocycles. The average Bonchev–Trinajstić information content (AvgIpc) is 3.40. The van der Waals surface area contributed by atoms with Gasteiger partial charge in [-0.2, -0.15) is 5.21 Å². The molecule has 2 heterocycles. The first kappa shape index (κ1) is 26.7. The van der Waals surface area contributed by atoms with Crippen LogP contribution in [0.4, 0.5) is 5.69 Å². The third-order valence-corrected chi connectivity index (χ3v) is 7.44. The number of hydrogen-bond donors (Lipinski definition) is 3. The maximum atomic E-state index is 13.8. The molecule has 9 nitrogen and oxygen atoms in total. The third kappa shape index (κ3) is 6.07. The molecule has 1 aliphatic heterocycles. The molecule has 1 aliphatic rings. The van der Waals surface area contributed by atoms with Crippen LogP contribution in [0.2, 0.25) is 0 Å². The largest absolute Gasteiger partial charge is 0.344 e. The summed E-state index contributed by atoms with van der Waals surface area (Å²) in [5.74, 6) is 0.155. The molecule has 2 amide bonds. The van der Waals surface area contributed by atoms with E-state index in [2.05, 4.69) is 41.9 Å². The van der Waals surface area contributed by atoms with Crippen molar-refractivity contribution in [1.29, 1.82) is 0 Å². The number of aromatic amines is 1. The normalized spacial score (nSPS) is 15.5. The van der Waals surface area contributed by atoms with Gasteiger partial charge in [-0.25, -0.2) is 0 Å². The van der Waals surface area contributed by atoms with Gasteiger partial charge >= 0.3 is 0 Å². The van der Waals surface area contributed by atoms with Gasteiger partial charge in [0, 0.05) is 27.7 Å². The number of tetrazole rings is 1. The second kappa shape index (κ2) is 11.1. The van der Waals surface area contributed by atoms with E-state index in [0.29, 0.717) is 25.2 Å². The Morgan fingerprint density at radius 3 is 2.59 bits per heavy atom. The number of nitrogens with one attached hydrogen (secondary N) is 2. The zero-order valence-corrected chi connectivity index (χ0v) is 23.4. The second-order valence-corrected chi connectivity index (χ2v) is 11.3. The SMILES string of the molecule is CC(C)(N)CC(=O)N[C@@H]1CCc2ccccc2N(Cc2ccc(-c3ccccc3-c3nn[nH]n3)cc2Br)C1=O. The van der Waals surface area contributed by atoms with Gasteiger partial charge in [0.05, 0.1) is 6.54 Å². The monoisotopic (exact) mass is 587 g/mol. The molecule has 4 aromatic rings. The lowest BCUT2D eigenvalue weighted by Crippen LogP contribution is -2.49. The molecule has 0 fully saturated rings. The number of carbonyl (C=O) groups is 2. The van der Waals surface area contributed by atoms with Crippen LogP contribution in [0.25, 0.3) is 22.5 Å². The van der Waals surface area contributed by atoms with Crippen molar-refractivity contribution in [3.63, 3.8) is 0 Å². The third-order valence-electron chi connectivity index (χ3n) is 6.71. The first-order valence-corrected chi connectivity index (χ1v) is 13.6. The second-order valence-electron chi connectivity index (χ2n) is 10.5. The Balaban J connectivity index is 1.44. The van der Waals surface area contributed by atoms with Crippen LogP contribution in [0, 0.1) is 0 Å². The predicted molar refractivity (Wildman–Crippen MR) is 154 cm³/mol. The number of rotatable bonds is 7. The number of aromatic nitrogens is 4. The van der Waals surface area contributed by atoms with Gasteiger partial charge in [-0.1, -0.05) is 70.5 Å². The molecule has 5 rings (SSSR count). The highest BCUT2D eigenvalue weighted by molar-refractivity contribution is 9.10. The zero-order chi connectivity index (χ0) is 27.6. The van der Waals surface area contributed by atoms with Gasteiger partial charge in [-0.05, 0) is 66.3 Å². The van der Waals surface area contributed by atoms with Crippen molar-refractivity contribution in [2.24, 2.45) is 5.73 Å². The minimum atomic E-state index is -0.657. The highest BCUT2D eigenvalue weighted by Gasteiger charge is 2.32. The number of nitrogens with zero attached hydrogens (tertiary/aromatic N) is 4. The van der Waals surface area contributed by atoms with Crippen molar-refractivity contribution >= 4 is 33.4 Å². The van der Waals surface area contributed by atoms with Gasteiger partial charge in [0.1, 0.15) is 6.04 Å². The number of nitrogens with two attached hydrogens (primary N) is 1. The molecule has 0 saturated heterocycles. The Morgan fingerprint density at radius 2 is 1.87 bits per heavy atom. The van der Waals surface area contributed by atoms with E-state index >= 15 is 0 Å². The van der Waals surface area contributed by atoms with Crippen LogP contribution in [-0.4, -0.2) is 44.0 Å². The average molecular weight is 589 g/mol. The molecule has 1 aromatic heterocycles. The molecule has 4 N–H and O–H groups in total. The van der Waals surface area contributed by atoms with Crippen molar-refractivity contribution in [3.05, 3.63) is 82.3 Å². The lowest BCUT2D eigenvalue weighted by atomic mass is 9.98. The zero-order valence-electron chi connectivity index (χ0n) is 21.8. The highest BCUT2D eigenvalue weighted by atomic mass is 79.9. The fourth-order valence-corrected chi connectivity index (χ4v) is 5.40. The van der Waals surface area contributed by atoms with Crippen molar-refractivity contribution in [2.45, 2.75) is 51.2 Å². The Hall–Kier alpha value is -3.89. The summed E-state index contributed by atoms with van der Waals surface area (Å²) in [4.78, 5) is 28.3. The number of amides is 2.